The van der Waals surface area contributed by atoms with Crippen LogP contribution in [-0.2, 0) is 30.2 Å². The van der Waals surface area contributed by atoms with Gasteiger partial charge >= 0.3 is 0 Å². The summed E-state index contributed by atoms with van der Waals surface area (Å²) in [6.07, 6.45) is 4.24. The van der Waals surface area contributed by atoms with Gasteiger partial charge in [0.15, 0.2) is 0 Å². The standard InChI is InChI=1S/C26H30FN7O2/c1-33-16-28-32-23(33)11-26(14-36-15-26)18-3-2-4-20(9-18)30-25(35)22-10-21(13-34-8-7-19(27)12-34)29-24(31-22)17-5-6-17/h2-4,9-10,16-17,19H,5-8,11-15H2,1H3,(H,30,35). The summed E-state index contributed by atoms with van der Waals surface area (Å²) in [5.41, 5.74) is 2.71. The summed E-state index contributed by atoms with van der Waals surface area (Å²) in [7, 11) is 1.94. The van der Waals surface area contributed by atoms with Crippen molar-refractivity contribution >= 4 is 11.6 Å². The van der Waals surface area contributed by atoms with Gasteiger partial charge in [-0.1, -0.05) is 12.1 Å². The predicted molar refractivity (Wildman–Crippen MR) is 130 cm³/mol. The minimum Gasteiger partial charge on any atom is -0.379 e. The molecule has 1 aliphatic carbocycles. The van der Waals surface area contributed by atoms with Gasteiger partial charge in [0, 0.05) is 50.1 Å². The second-order valence-corrected chi connectivity index (χ2v) is 10.3. The molecule has 1 aromatic carbocycles. The number of carbonyl (C=O) groups excluding carboxylic acids is 1. The molecule has 9 nitrogen and oxygen atoms in total. The van der Waals surface area contributed by atoms with E-state index in [1.165, 1.54) is 0 Å². The van der Waals surface area contributed by atoms with E-state index < -0.39 is 6.17 Å². The van der Waals surface area contributed by atoms with E-state index in [0.717, 1.165) is 35.7 Å². The predicted octanol–water partition coefficient (Wildman–Crippen LogP) is 2.79. The molecule has 1 atom stereocenters. The van der Waals surface area contributed by atoms with Crippen LogP contribution in [0.25, 0.3) is 0 Å². The quantitative estimate of drug-likeness (QED) is 0.517. The van der Waals surface area contributed by atoms with Crippen LogP contribution in [0.15, 0.2) is 36.7 Å². The number of benzene rings is 1. The summed E-state index contributed by atoms with van der Waals surface area (Å²) in [5.74, 6) is 1.66. The molecule has 3 fully saturated rings. The third-order valence-corrected chi connectivity index (χ3v) is 7.36. The van der Waals surface area contributed by atoms with Crippen LogP contribution in [0.5, 0.6) is 0 Å². The zero-order valence-corrected chi connectivity index (χ0v) is 20.4. The highest BCUT2D eigenvalue weighted by molar-refractivity contribution is 6.03. The highest BCUT2D eigenvalue weighted by atomic mass is 19.1. The van der Waals surface area contributed by atoms with E-state index in [9.17, 15) is 9.18 Å². The Labute approximate surface area is 209 Å². The maximum atomic E-state index is 13.7. The van der Waals surface area contributed by atoms with E-state index >= 15 is 0 Å². The molecule has 0 spiro atoms. The maximum Gasteiger partial charge on any atom is 0.274 e. The largest absolute Gasteiger partial charge is 0.379 e. The summed E-state index contributed by atoms with van der Waals surface area (Å²) in [6, 6.07) is 9.64. The monoisotopic (exact) mass is 491 g/mol. The fourth-order valence-corrected chi connectivity index (χ4v) is 5.01. The van der Waals surface area contributed by atoms with Crippen LogP contribution in [-0.4, -0.2) is 68.0 Å². The Morgan fingerprint density at radius 1 is 1.22 bits per heavy atom. The Morgan fingerprint density at radius 3 is 2.75 bits per heavy atom. The van der Waals surface area contributed by atoms with Crippen molar-refractivity contribution in [2.45, 2.75) is 49.7 Å². The molecule has 1 saturated carbocycles. The molecule has 1 unspecified atom stereocenters. The van der Waals surface area contributed by atoms with Crippen molar-refractivity contribution in [1.82, 2.24) is 29.6 Å². The lowest BCUT2D eigenvalue weighted by Gasteiger charge is -2.41. The normalized spacial score (nSPS) is 21.3. The first-order valence-electron chi connectivity index (χ1n) is 12.5. The zero-order valence-electron chi connectivity index (χ0n) is 20.4. The summed E-state index contributed by atoms with van der Waals surface area (Å²) in [4.78, 5) is 24.6. The van der Waals surface area contributed by atoms with Crippen molar-refractivity contribution in [2.75, 3.05) is 31.6 Å². The van der Waals surface area contributed by atoms with Gasteiger partial charge in [0.1, 0.15) is 29.8 Å². The van der Waals surface area contributed by atoms with E-state index in [4.69, 9.17) is 9.72 Å². The smallest absolute Gasteiger partial charge is 0.274 e. The molecule has 0 radical (unpaired) electrons. The van der Waals surface area contributed by atoms with E-state index in [2.05, 4.69) is 26.6 Å². The van der Waals surface area contributed by atoms with Crippen LogP contribution < -0.4 is 5.32 Å². The number of hydrogen-bond donors (Lipinski definition) is 1. The van der Waals surface area contributed by atoms with Gasteiger partial charge in [-0.25, -0.2) is 14.4 Å². The lowest BCUT2D eigenvalue weighted by Crippen LogP contribution is -2.49. The maximum absolute atomic E-state index is 13.7. The Bertz CT molecular complexity index is 1270. The highest BCUT2D eigenvalue weighted by Gasteiger charge is 2.42. The number of halogens is 1. The number of aromatic nitrogens is 5. The van der Waals surface area contributed by atoms with Gasteiger partial charge in [0.2, 0.25) is 0 Å². The van der Waals surface area contributed by atoms with Gasteiger partial charge in [0.25, 0.3) is 5.91 Å². The molecule has 1 amide bonds. The van der Waals surface area contributed by atoms with Crippen molar-refractivity contribution in [3.63, 3.8) is 0 Å². The van der Waals surface area contributed by atoms with Crippen molar-refractivity contribution in [1.29, 1.82) is 0 Å². The lowest BCUT2D eigenvalue weighted by atomic mass is 9.75. The molecule has 36 heavy (non-hydrogen) atoms. The number of likely N-dealkylation sites (tertiary alicyclic amines) is 1. The molecule has 3 aromatic rings. The van der Waals surface area contributed by atoms with Crippen LogP contribution in [0.3, 0.4) is 0 Å². The first kappa shape index (κ1) is 23.2. The topological polar surface area (TPSA) is 98.1 Å². The minimum atomic E-state index is -0.789. The summed E-state index contributed by atoms with van der Waals surface area (Å²) in [5, 5.41) is 11.3. The Kier molecular flexibility index (Phi) is 6.00. The lowest BCUT2D eigenvalue weighted by molar-refractivity contribution is -0.0610. The molecule has 2 aliphatic heterocycles. The average molecular weight is 492 g/mol. The van der Waals surface area contributed by atoms with Crippen LogP contribution >= 0.6 is 0 Å². The third-order valence-electron chi connectivity index (χ3n) is 7.36. The number of hydrogen-bond acceptors (Lipinski definition) is 7. The van der Waals surface area contributed by atoms with Crippen molar-refractivity contribution in [3.8, 4) is 0 Å². The number of rotatable bonds is 8. The molecular weight excluding hydrogens is 461 g/mol. The van der Waals surface area contributed by atoms with E-state index in [-0.39, 0.29) is 11.3 Å². The number of nitrogens with zero attached hydrogens (tertiary/aromatic N) is 6. The molecule has 10 heteroatoms. The van der Waals surface area contributed by atoms with Crippen LogP contribution in [0.4, 0.5) is 10.1 Å². The van der Waals surface area contributed by atoms with Gasteiger partial charge < -0.3 is 14.6 Å². The molecule has 4 heterocycles. The first-order valence-corrected chi connectivity index (χ1v) is 12.5. The molecule has 188 valence electrons. The van der Waals surface area contributed by atoms with Gasteiger partial charge in [-0.3, -0.25) is 9.69 Å². The summed E-state index contributed by atoms with van der Waals surface area (Å²) >= 11 is 0. The fourth-order valence-electron chi connectivity index (χ4n) is 5.01. The van der Waals surface area contributed by atoms with Crippen molar-refractivity contribution < 1.29 is 13.9 Å². The first-order chi connectivity index (χ1) is 17.5. The highest BCUT2D eigenvalue weighted by Crippen LogP contribution is 2.38. The van der Waals surface area contributed by atoms with Gasteiger partial charge in [0.05, 0.1) is 18.9 Å². The van der Waals surface area contributed by atoms with Crippen molar-refractivity contribution in [2.24, 2.45) is 7.05 Å². The Morgan fingerprint density at radius 2 is 2.08 bits per heavy atom. The van der Waals surface area contributed by atoms with Crippen LogP contribution in [0.1, 0.15) is 58.6 Å². The van der Waals surface area contributed by atoms with Gasteiger partial charge in [-0.15, -0.1) is 10.2 Å². The molecule has 3 aliphatic rings. The van der Waals surface area contributed by atoms with Crippen molar-refractivity contribution in [3.05, 3.63) is 65.3 Å². The number of amides is 1. The SMILES string of the molecule is Cn1cnnc1CC1(c2cccc(NC(=O)c3cc(CN4CCC(F)C4)nc(C4CC4)n3)c2)COC1. The molecule has 2 saturated heterocycles. The van der Waals surface area contributed by atoms with E-state index in [1.807, 2.05) is 34.7 Å². The molecule has 0 bridgehead atoms. The zero-order chi connectivity index (χ0) is 24.7. The van der Waals surface area contributed by atoms with Crippen LogP contribution in [0.2, 0.25) is 0 Å². The number of carbonyl (C=O) groups is 1. The second-order valence-electron chi connectivity index (χ2n) is 10.3. The van der Waals surface area contributed by atoms with Gasteiger partial charge in [-0.2, -0.15) is 0 Å². The molecule has 1 N–H and O–H groups in total. The molecule has 2 aromatic heterocycles. The number of alkyl halides is 1. The number of anilines is 1. The van der Waals surface area contributed by atoms with E-state index in [0.29, 0.717) is 63.0 Å². The van der Waals surface area contributed by atoms with Gasteiger partial charge in [-0.05, 0) is 43.0 Å². The third kappa shape index (κ3) is 4.75. The summed E-state index contributed by atoms with van der Waals surface area (Å²) < 4.78 is 21.2. The number of aryl methyl sites for hydroxylation is 1. The fraction of sp³-hybridized carbons (Fsp3) is 0.500. The Hall–Kier alpha value is -3.24. The average Bonchev–Trinajstić information content (AvgIpc) is 3.51. The minimum absolute atomic E-state index is 0.202. The second kappa shape index (κ2) is 9.33. The van der Waals surface area contributed by atoms with E-state index in [1.54, 1.807) is 12.4 Å². The Balaban J connectivity index is 1.21. The number of ether oxygens (including phenoxy) is 1. The molecule has 6 rings (SSSR count). The number of nitrogens with one attached hydrogen (secondary N) is 1. The molecular formula is C26H30FN7O2. The summed E-state index contributed by atoms with van der Waals surface area (Å²) in [6.45, 7) is 2.83. The van der Waals surface area contributed by atoms with Crippen LogP contribution in [0, 0.1) is 0 Å².